The molecule has 0 N–H and O–H groups in total. The largest absolute Gasteiger partial charge is 0.382 e. The molecule has 1 aromatic heterocycles. The van der Waals surface area contributed by atoms with Crippen LogP contribution >= 0.6 is 0 Å². The molecule has 0 bridgehead atoms. The summed E-state index contributed by atoms with van der Waals surface area (Å²) in [5.41, 5.74) is 1.23. The molecule has 5 nitrogen and oxygen atoms in total. The summed E-state index contributed by atoms with van der Waals surface area (Å²) in [6.45, 7) is 0. The van der Waals surface area contributed by atoms with Gasteiger partial charge in [0.25, 0.3) is 0 Å². The molecule has 0 aliphatic heterocycles. The van der Waals surface area contributed by atoms with Gasteiger partial charge in [-0.25, -0.2) is 4.98 Å². The van der Waals surface area contributed by atoms with E-state index in [4.69, 9.17) is 0 Å². The Morgan fingerprint density at radius 3 is 2.76 bits per heavy atom. The van der Waals surface area contributed by atoms with E-state index in [1.807, 2.05) is 36.4 Å². The lowest BCUT2D eigenvalue weighted by molar-refractivity contribution is -0.389. The summed E-state index contributed by atoms with van der Waals surface area (Å²) in [6.07, 6.45) is 1.18. The van der Waals surface area contributed by atoms with Crippen LogP contribution in [0.4, 0.5) is 5.82 Å². The van der Waals surface area contributed by atoms with E-state index in [9.17, 15) is 10.1 Å². The van der Waals surface area contributed by atoms with E-state index in [0.29, 0.717) is 11.0 Å². The SMILES string of the molecule is O=[N+]([O-])c1cnc2ccc3ccccc3c2n1. The number of benzene rings is 2. The van der Waals surface area contributed by atoms with Gasteiger partial charge in [-0.3, -0.25) is 0 Å². The van der Waals surface area contributed by atoms with Crippen LogP contribution in [0.3, 0.4) is 0 Å². The maximum Gasteiger partial charge on any atom is 0.382 e. The van der Waals surface area contributed by atoms with E-state index in [0.717, 1.165) is 10.8 Å². The van der Waals surface area contributed by atoms with Crippen molar-refractivity contribution in [2.45, 2.75) is 0 Å². The topological polar surface area (TPSA) is 68.9 Å². The van der Waals surface area contributed by atoms with Crippen LogP contribution in [0.5, 0.6) is 0 Å². The first-order valence-corrected chi connectivity index (χ1v) is 5.04. The fourth-order valence-electron chi connectivity index (χ4n) is 1.82. The molecule has 0 amide bonds. The highest BCUT2D eigenvalue weighted by Gasteiger charge is 2.12. The molecule has 0 saturated heterocycles. The number of hydrogen-bond donors (Lipinski definition) is 0. The molecular weight excluding hydrogens is 218 g/mol. The van der Waals surface area contributed by atoms with Crippen molar-refractivity contribution in [2.24, 2.45) is 0 Å². The van der Waals surface area contributed by atoms with Crippen LogP contribution < -0.4 is 0 Å². The Kier molecular flexibility index (Phi) is 1.98. The summed E-state index contributed by atoms with van der Waals surface area (Å²) in [4.78, 5) is 18.2. The van der Waals surface area contributed by atoms with Crippen molar-refractivity contribution in [3.63, 3.8) is 0 Å². The third kappa shape index (κ3) is 1.48. The van der Waals surface area contributed by atoms with E-state index >= 15 is 0 Å². The Bertz CT molecular complexity index is 740. The summed E-state index contributed by atoms with van der Waals surface area (Å²) in [5, 5.41) is 12.6. The fraction of sp³-hybridized carbons (Fsp3) is 0. The van der Waals surface area contributed by atoms with Crippen LogP contribution in [0, 0.1) is 10.1 Å². The van der Waals surface area contributed by atoms with E-state index in [2.05, 4.69) is 9.97 Å². The molecule has 0 aliphatic rings. The first-order chi connectivity index (χ1) is 8.25. The number of nitro groups is 1. The van der Waals surface area contributed by atoms with Gasteiger partial charge >= 0.3 is 5.82 Å². The van der Waals surface area contributed by atoms with Gasteiger partial charge in [-0.1, -0.05) is 24.3 Å². The van der Waals surface area contributed by atoms with E-state index < -0.39 is 4.92 Å². The quantitative estimate of drug-likeness (QED) is 0.362. The highest BCUT2D eigenvalue weighted by Crippen LogP contribution is 2.23. The molecule has 0 aliphatic carbocycles. The zero-order valence-corrected chi connectivity index (χ0v) is 8.70. The molecular formula is C12H7N3O2. The highest BCUT2D eigenvalue weighted by molar-refractivity contribution is 6.03. The van der Waals surface area contributed by atoms with Gasteiger partial charge < -0.3 is 10.1 Å². The lowest BCUT2D eigenvalue weighted by Crippen LogP contribution is -1.94. The minimum absolute atomic E-state index is 0.228. The summed E-state index contributed by atoms with van der Waals surface area (Å²) < 4.78 is 0. The smallest absolute Gasteiger partial charge is 0.358 e. The van der Waals surface area contributed by atoms with Gasteiger partial charge in [0.05, 0.1) is 0 Å². The molecule has 0 spiro atoms. The third-order valence-electron chi connectivity index (χ3n) is 2.61. The molecule has 3 aromatic rings. The second kappa shape index (κ2) is 3.48. The predicted octanol–water partition coefficient (Wildman–Crippen LogP) is 2.69. The van der Waals surface area contributed by atoms with Crippen LogP contribution in [-0.2, 0) is 0 Å². The van der Waals surface area contributed by atoms with Crippen molar-refractivity contribution < 1.29 is 4.92 Å². The van der Waals surface area contributed by atoms with Crippen LogP contribution in [0.1, 0.15) is 0 Å². The van der Waals surface area contributed by atoms with Crippen LogP contribution in [-0.4, -0.2) is 14.9 Å². The molecule has 0 saturated carbocycles. The second-order valence-electron chi connectivity index (χ2n) is 3.64. The molecule has 0 unspecified atom stereocenters. The van der Waals surface area contributed by atoms with E-state index in [1.54, 1.807) is 0 Å². The number of aromatic nitrogens is 2. The summed E-state index contributed by atoms with van der Waals surface area (Å²) >= 11 is 0. The predicted molar refractivity (Wildman–Crippen MR) is 63.7 cm³/mol. The minimum atomic E-state index is -0.534. The van der Waals surface area contributed by atoms with Crippen molar-refractivity contribution in [2.75, 3.05) is 0 Å². The first kappa shape index (κ1) is 9.65. The van der Waals surface area contributed by atoms with Gasteiger partial charge in [-0.2, -0.15) is 0 Å². The zero-order chi connectivity index (χ0) is 11.8. The molecule has 1 heterocycles. The van der Waals surface area contributed by atoms with Gasteiger partial charge in [0.15, 0.2) is 0 Å². The average Bonchev–Trinajstić information content (AvgIpc) is 2.38. The van der Waals surface area contributed by atoms with Gasteiger partial charge in [0, 0.05) is 5.39 Å². The summed E-state index contributed by atoms with van der Waals surface area (Å²) in [7, 11) is 0. The summed E-state index contributed by atoms with van der Waals surface area (Å²) in [6, 6.07) is 11.4. The molecule has 2 aromatic carbocycles. The number of rotatable bonds is 1. The van der Waals surface area contributed by atoms with Crippen molar-refractivity contribution >= 4 is 27.6 Å². The van der Waals surface area contributed by atoms with E-state index in [1.165, 1.54) is 6.20 Å². The lowest BCUT2D eigenvalue weighted by atomic mass is 10.1. The van der Waals surface area contributed by atoms with E-state index in [-0.39, 0.29) is 5.82 Å². The zero-order valence-electron chi connectivity index (χ0n) is 8.70. The maximum atomic E-state index is 10.7. The Hall–Kier alpha value is -2.56. The Morgan fingerprint density at radius 1 is 1.12 bits per heavy atom. The fourth-order valence-corrected chi connectivity index (χ4v) is 1.82. The van der Waals surface area contributed by atoms with Gasteiger partial charge in [-0.15, -0.1) is 0 Å². The number of fused-ring (bicyclic) bond motifs is 3. The molecule has 5 heteroatoms. The monoisotopic (exact) mass is 225 g/mol. The third-order valence-corrected chi connectivity index (χ3v) is 2.61. The Labute approximate surface area is 95.9 Å². The van der Waals surface area contributed by atoms with Crippen molar-refractivity contribution in [3.8, 4) is 0 Å². The van der Waals surface area contributed by atoms with Crippen molar-refractivity contribution in [1.29, 1.82) is 0 Å². The Morgan fingerprint density at radius 2 is 1.94 bits per heavy atom. The molecule has 0 fully saturated rings. The normalized spacial score (nSPS) is 10.8. The van der Waals surface area contributed by atoms with Gasteiger partial charge in [0.2, 0.25) is 5.52 Å². The van der Waals surface area contributed by atoms with Gasteiger partial charge in [-0.05, 0) is 27.4 Å². The van der Waals surface area contributed by atoms with Crippen LogP contribution in [0.15, 0.2) is 42.6 Å². The summed E-state index contributed by atoms with van der Waals surface area (Å²) in [5.74, 6) is -0.228. The average molecular weight is 225 g/mol. The maximum absolute atomic E-state index is 10.7. The van der Waals surface area contributed by atoms with Crippen molar-refractivity contribution in [3.05, 3.63) is 52.7 Å². The van der Waals surface area contributed by atoms with Crippen molar-refractivity contribution in [1.82, 2.24) is 9.97 Å². The van der Waals surface area contributed by atoms with Gasteiger partial charge in [0.1, 0.15) is 11.7 Å². The molecule has 0 atom stereocenters. The molecule has 3 rings (SSSR count). The first-order valence-electron chi connectivity index (χ1n) is 5.04. The highest BCUT2D eigenvalue weighted by atomic mass is 16.6. The second-order valence-corrected chi connectivity index (χ2v) is 3.64. The number of nitrogens with zero attached hydrogens (tertiary/aromatic N) is 3. The molecule has 82 valence electrons. The Balaban J connectivity index is 2.46. The molecule has 0 radical (unpaired) electrons. The van der Waals surface area contributed by atoms with Crippen LogP contribution in [0.2, 0.25) is 0 Å². The number of hydrogen-bond acceptors (Lipinski definition) is 4. The minimum Gasteiger partial charge on any atom is -0.358 e. The molecule has 17 heavy (non-hydrogen) atoms. The lowest BCUT2D eigenvalue weighted by Gasteiger charge is -1.99. The van der Waals surface area contributed by atoms with Crippen LogP contribution in [0.25, 0.3) is 21.8 Å². The standard InChI is InChI=1S/C12H7N3O2/c16-15(17)11-7-13-10-6-5-8-3-1-2-4-9(8)12(10)14-11/h1-7H.